The highest BCUT2D eigenvalue weighted by Crippen LogP contribution is 2.40. The minimum absolute atomic E-state index is 0.0439. The average molecular weight is 802 g/mol. The fourth-order valence-corrected chi connectivity index (χ4v) is 7.45. The minimum atomic E-state index is -5.37. The summed E-state index contributed by atoms with van der Waals surface area (Å²) in [6.45, 7) is 5.91. The zero-order valence-electron chi connectivity index (χ0n) is 30.0. The molecule has 0 radical (unpaired) electrons. The molecule has 5 heterocycles. The van der Waals surface area contributed by atoms with Crippen molar-refractivity contribution in [2.45, 2.75) is 31.3 Å². The molecule has 4 aliphatic heterocycles. The molecule has 3 aromatic carbocycles. The van der Waals surface area contributed by atoms with Crippen molar-refractivity contribution < 1.29 is 50.6 Å². The van der Waals surface area contributed by atoms with Crippen LogP contribution in [0.2, 0.25) is 0 Å². The van der Waals surface area contributed by atoms with Crippen molar-refractivity contribution >= 4 is 50.0 Å². The Morgan fingerprint density at radius 2 is 1.73 bits per heavy atom. The van der Waals surface area contributed by atoms with Crippen LogP contribution in [0.15, 0.2) is 66.7 Å². The summed E-state index contributed by atoms with van der Waals surface area (Å²) < 4.78 is 62.4. The molecule has 8 rings (SSSR count). The minimum Gasteiger partial charge on any atom is -0.369 e. The Morgan fingerprint density at radius 3 is 2.45 bits per heavy atom. The summed E-state index contributed by atoms with van der Waals surface area (Å²) in [4.78, 5) is 54.3. The Bertz CT molecular complexity index is 2170. The molecule has 1 atom stereocenters. The third-order valence-electron chi connectivity index (χ3n) is 9.73. The Kier molecular flexibility index (Phi) is 10.4. The second-order valence-corrected chi connectivity index (χ2v) is 15.4. The van der Waals surface area contributed by atoms with E-state index in [1.165, 1.54) is 17.4 Å². The molecule has 3 fully saturated rings. The van der Waals surface area contributed by atoms with Gasteiger partial charge < -0.3 is 29.6 Å². The number of nitrogens with one attached hydrogen (secondary N) is 2. The standard InChI is InChI=1S/C35H38F3N9O8S/c1-56(49,50)47(55-33(48)35(36,37)38)24-8-6-23(7-9-24)12-14-39-32-27-4-2-3-5-28(27)40-34(41-32)44-17-15-43(16-18-44)26-21-45(22-26)25-10-11-29-30(20-25)54-46(53-29)31-13-19-51-42-52-31/h2-11,20,26,31,42H,12-19,21-22H2,1H3,(H,39,40,41). The number of carbonyl (C=O) groups is 1. The lowest BCUT2D eigenvalue weighted by molar-refractivity contribution is -0.376. The third kappa shape index (κ3) is 8.18. The molecule has 17 nitrogen and oxygen atoms in total. The van der Waals surface area contributed by atoms with Crippen LogP contribution in [-0.4, -0.2) is 112 Å². The maximum absolute atomic E-state index is 12.8. The van der Waals surface area contributed by atoms with E-state index in [4.69, 9.17) is 29.3 Å². The normalized spacial score (nSPS) is 19.5. The number of halogens is 3. The number of sulfonamides is 1. The number of nitrogens with zero attached hydrogens (tertiary/aromatic N) is 7. The molecular weight excluding hydrogens is 764 g/mol. The lowest BCUT2D eigenvalue weighted by Crippen LogP contribution is -2.63. The summed E-state index contributed by atoms with van der Waals surface area (Å²) in [6, 6.07) is 19.7. The molecule has 0 saturated carbocycles. The number of piperazine rings is 1. The number of para-hydroxylation sites is 1. The Hall–Kier alpha value is -5.19. The lowest BCUT2D eigenvalue weighted by atomic mass is 10.0. The third-order valence-corrected chi connectivity index (χ3v) is 10.6. The first kappa shape index (κ1) is 37.7. The van der Waals surface area contributed by atoms with Crippen LogP contribution < -0.4 is 34.9 Å². The number of alkyl halides is 3. The molecule has 0 amide bonds. The van der Waals surface area contributed by atoms with Gasteiger partial charge in [0.1, 0.15) is 5.82 Å². The van der Waals surface area contributed by atoms with E-state index in [9.17, 15) is 26.4 Å². The van der Waals surface area contributed by atoms with E-state index in [-0.39, 0.29) is 10.2 Å². The van der Waals surface area contributed by atoms with Crippen LogP contribution in [0.1, 0.15) is 12.0 Å². The van der Waals surface area contributed by atoms with Crippen LogP contribution in [0.5, 0.6) is 11.5 Å². The van der Waals surface area contributed by atoms with Crippen molar-refractivity contribution in [3.05, 3.63) is 72.3 Å². The van der Waals surface area contributed by atoms with Crippen LogP contribution in [0.25, 0.3) is 10.9 Å². The Morgan fingerprint density at radius 1 is 0.982 bits per heavy atom. The van der Waals surface area contributed by atoms with Crippen LogP contribution in [0, 0.1) is 0 Å². The maximum atomic E-state index is 12.8. The zero-order chi connectivity index (χ0) is 39.0. The number of rotatable bonds is 11. The number of anilines is 4. The molecule has 1 unspecified atom stereocenters. The fraction of sp³-hybridized carbons (Fsp3) is 0.400. The second kappa shape index (κ2) is 15.4. The summed E-state index contributed by atoms with van der Waals surface area (Å²) in [6.07, 6.45) is -4.11. The molecule has 56 heavy (non-hydrogen) atoms. The molecular formula is C35H38F3N9O8S. The van der Waals surface area contributed by atoms with Gasteiger partial charge in [0.2, 0.25) is 12.2 Å². The van der Waals surface area contributed by atoms with Crippen LogP contribution in [0.4, 0.5) is 36.3 Å². The van der Waals surface area contributed by atoms with Gasteiger partial charge in [0.05, 0.1) is 29.3 Å². The van der Waals surface area contributed by atoms with E-state index in [2.05, 4.69) is 30.5 Å². The summed E-state index contributed by atoms with van der Waals surface area (Å²) in [5.41, 5.74) is 4.75. The van der Waals surface area contributed by atoms with Crippen molar-refractivity contribution in [2.24, 2.45) is 0 Å². The van der Waals surface area contributed by atoms with Gasteiger partial charge in [0, 0.05) is 75.4 Å². The molecule has 3 saturated heterocycles. The first-order valence-electron chi connectivity index (χ1n) is 17.8. The number of hydroxylamine groups is 2. The topological polar surface area (TPSA) is 163 Å². The summed E-state index contributed by atoms with van der Waals surface area (Å²) in [7, 11) is -4.36. The van der Waals surface area contributed by atoms with Gasteiger partial charge in [-0.3, -0.25) is 14.6 Å². The van der Waals surface area contributed by atoms with Crippen LogP contribution in [-0.2, 0) is 35.8 Å². The number of fused-ring (bicyclic) bond motifs is 2. The first-order chi connectivity index (χ1) is 26.9. The van der Waals surface area contributed by atoms with Gasteiger partial charge in [-0.25, -0.2) is 18.2 Å². The smallest absolute Gasteiger partial charge is 0.369 e. The van der Waals surface area contributed by atoms with E-state index in [0.29, 0.717) is 61.6 Å². The van der Waals surface area contributed by atoms with Crippen molar-refractivity contribution in [1.82, 2.24) is 25.7 Å². The van der Waals surface area contributed by atoms with Crippen molar-refractivity contribution in [3.8, 4) is 11.5 Å². The molecule has 0 bridgehead atoms. The average Bonchev–Trinajstić information content (AvgIpc) is 3.60. The number of carbonyl (C=O) groups excluding carboxylic acids is 1. The van der Waals surface area contributed by atoms with Gasteiger partial charge in [0.25, 0.3) is 10.0 Å². The monoisotopic (exact) mass is 801 g/mol. The van der Waals surface area contributed by atoms with Gasteiger partial charge in [-0.05, 0) is 48.4 Å². The van der Waals surface area contributed by atoms with E-state index in [1.54, 1.807) is 12.1 Å². The number of hydrogen-bond donors (Lipinski definition) is 2. The van der Waals surface area contributed by atoms with Crippen molar-refractivity contribution in [2.75, 3.05) is 78.3 Å². The molecule has 4 aromatic rings. The van der Waals surface area contributed by atoms with Crippen molar-refractivity contribution in [1.29, 1.82) is 0 Å². The molecule has 2 N–H and O–H groups in total. The number of benzene rings is 3. The van der Waals surface area contributed by atoms with Gasteiger partial charge in [-0.2, -0.15) is 18.2 Å². The highest BCUT2D eigenvalue weighted by Gasteiger charge is 2.44. The molecule has 21 heteroatoms. The Balaban J connectivity index is 0.847. The predicted octanol–water partition coefficient (Wildman–Crippen LogP) is 3.17. The van der Waals surface area contributed by atoms with Gasteiger partial charge >= 0.3 is 12.1 Å². The van der Waals surface area contributed by atoms with Crippen molar-refractivity contribution in [3.63, 3.8) is 0 Å². The maximum Gasteiger partial charge on any atom is 0.493 e. The number of hydrogen-bond acceptors (Lipinski definition) is 16. The highest BCUT2D eigenvalue weighted by atomic mass is 32.2. The largest absolute Gasteiger partial charge is 0.493 e. The highest BCUT2D eigenvalue weighted by molar-refractivity contribution is 7.91. The van der Waals surface area contributed by atoms with E-state index in [1.807, 2.05) is 42.5 Å². The molecule has 1 aromatic heterocycles. The Labute approximate surface area is 319 Å². The number of aromatic nitrogens is 2. The van der Waals surface area contributed by atoms with E-state index >= 15 is 0 Å². The van der Waals surface area contributed by atoms with Crippen LogP contribution in [0.3, 0.4) is 0 Å². The summed E-state index contributed by atoms with van der Waals surface area (Å²) in [5.74, 6) is -0.110. The molecule has 0 aliphatic carbocycles. The predicted molar refractivity (Wildman–Crippen MR) is 196 cm³/mol. The quantitative estimate of drug-likeness (QED) is 0.213. The van der Waals surface area contributed by atoms with Gasteiger partial charge in [-0.15, -0.1) is 0 Å². The first-order valence-corrected chi connectivity index (χ1v) is 19.7. The van der Waals surface area contributed by atoms with Gasteiger partial charge in [-0.1, -0.05) is 34.4 Å². The summed E-state index contributed by atoms with van der Waals surface area (Å²) >= 11 is 0. The lowest BCUT2D eigenvalue weighted by Gasteiger charge is -2.49. The van der Waals surface area contributed by atoms with Gasteiger partial charge in [0.15, 0.2) is 11.5 Å². The molecule has 4 aliphatic rings. The van der Waals surface area contributed by atoms with E-state index in [0.717, 1.165) is 61.4 Å². The summed E-state index contributed by atoms with van der Waals surface area (Å²) in [5, 5.41) is 5.57. The SMILES string of the molecule is CS(=O)(=O)N(OC(=O)C(F)(F)F)c1ccc(CCNc2nc(N3CCN(C4CN(c5ccc6c(c5)ON(C5CCONO5)O6)C4)CC3)nc3ccccc23)cc1. The zero-order valence-corrected chi connectivity index (χ0v) is 30.8. The molecule has 298 valence electrons. The fourth-order valence-electron chi connectivity index (χ4n) is 6.74. The second-order valence-electron chi connectivity index (χ2n) is 13.6. The molecule has 0 spiro atoms. The van der Waals surface area contributed by atoms with Crippen LogP contribution >= 0.6 is 0 Å². The van der Waals surface area contributed by atoms with E-state index < -0.39 is 28.4 Å².